The van der Waals surface area contributed by atoms with Crippen molar-refractivity contribution < 1.29 is 9.47 Å². The van der Waals surface area contributed by atoms with Gasteiger partial charge in [-0.1, -0.05) is 0 Å². The van der Waals surface area contributed by atoms with Gasteiger partial charge in [0.1, 0.15) is 17.3 Å². The third-order valence-corrected chi connectivity index (χ3v) is 2.55. The van der Waals surface area contributed by atoms with E-state index in [0.717, 1.165) is 11.4 Å². The molecule has 0 fully saturated rings. The molecule has 100 valence electrons. The Morgan fingerprint density at radius 1 is 1.00 bits per heavy atom. The number of pyridine rings is 1. The van der Waals surface area contributed by atoms with Crippen molar-refractivity contribution in [3.05, 3.63) is 36.5 Å². The number of anilines is 3. The quantitative estimate of drug-likeness (QED) is 0.564. The number of hydrogen-bond acceptors (Lipinski definition) is 6. The summed E-state index contributed by atoms with van der Waals surface area (Å²) in [5, 5.41) is 3.23. The highest BCUT2D eigenvalue weighted by Gasteiger charge is 2.03. The molecule has 6 nitrogen and oxygen atoms in total. The molecule has 0 amide bonds. The van der Waals surface area contributed by atoms with E-state index >= 15 is 0 Å². The number of hydrazine groups is 1. The molecule has 4 N–H and O–H groups in total. The number of methoxy groups -OCH3 is 2. The van der Waals surface area contributed by atoms with Crippen LogP contribution in [0.4, 0.5) is 17.2 Å². The van der Waals surface area contributed by atoms with Crippen LogP contribution in [0.15, 0.2) is 36.5 Å². The molecule has 0 aliphatic rings. The van der Waals surface area contributed by atoms with Gasteiger partial charge in [0.15, 0.2) is 0 Å². The van der Waals surface area contributed by atoms with Crippen molar-refractivity contribution in [2.24, 2.45) is 5.84 Å². The van der Waals surface area contributed by atoms with E-state index in [0.29, 0.717) is 17.3 Å². The fourth-order valence-corrected chi connectivity index (χ4v) is 1.63. The Morgan fingerprint density at radius 2 is 1.68 bits per heavy atom. The molecule has 2 rings (SSSR count). The lowest BCUT2D eigenvalue weighted by Crippen LogP contribution is -2.08. The van der Waals surface area contributed by atoms with Gasteiger partial charge in [-0.15, -0.1) is 0 Å². The van der Waals surface area contributed by atoms with Crippen molar-refractivity contribution >= 4 is 17.2 Å². The lowest BCUT2D eigenvalue weighted by Gasteiger charge is -2.11. The molecule has 0 atom stereocenters. The van der Waals surface area contributed by atoms with E-state index in [4.69, 9.17) is 15.3 Å². The van der Waals surface area contributed by atoms with Gasteiger partial charge in [0.2, 0.25) is 0 Å². The minimum absolute atomic E-state index is 0.583. The van der Waals surface area contributed by atoms with Crippen molar-refractivity contribution in [3.8, 4) is 11.5 Å². The van der Waals surface area contributed by atoms with Crippen LogP contribution in [0.5, 0.6) is 11.5 Å². The van der Waals surface area contributed by atoms with Gasteiger partial charge in [-0.25, -0.2) is 10.8 Å². The number of ether oxygens (including phenoxy) is 2. The molecule has 0 bridgehead atoms. The largest absolute Gasteiger partial charge is 0.497 e. The fourth-order valence-electron chi connectivity index (χ4n) is 1.63. The number of nitrogens with one attached hydrogen (secondary N) is 2. The van der Waals surface area contributed by atoms with Crippen LogP contribution in [0, 0.1) is 0 Å². The number of nitrogens with two attached hydrogens (primary N) is 1. The first kappa shape index (κ1) is 13.0. The number of hydrogen-bond donors (Lipinski definition) is 3. The molecule has 1 aromatic carbocycles. The van der Waals surface area contributed by atoms with Crippen LogP contribution in [-0.4, -0.2) is 19.2 Å². The minimum atomic E-state index is 0.583. The Hall–Kier alpha value is -2.47. The number of nitrogens with zero attached hydrogens (tertiary/aromatic N) is 1. The van der Waals surface area contributed by atoms with Gasteiger partial charge in [-0.2, -0.15) is 0 Å². The summed E-state index contributed by atoms with van der Waals surface area (Å²) >= 11 is 0. The summed E-state index contributed by atoms with van der Waals surface area (Å²) < 4.78 is 10.4. The van der Waals surface area contributed by atoms with Crippen molar-refractivity contribution in [3.63, 3.8) is 0 Å². The molecule has 6 heteroatoms. The van der Waals surface area contributed by atoms with Crippen LogP contribution in [0.25, 0.3) is 0 Å². The SMILES string of the molecule is COc1cc(Nc2ccnc(NN)c2)cc(OC)c1. The summed E-state index contributed by atoms with van der Waals surface area (Å²) in [7, 11) is 3.23. The van der Waals surface area contributed by atoms with Crippen LogP contribution >= 0.6 is 0 Å². The van der Waals surface area contributed by atoms with Crippen molar-refractivity contribution in [2.75, 3.05) is 25.0 Å². The van der Waals surface area contributed by atoms with Crippen LogP contribution in [0.3, 0.4) is 0 Å². The van der Waals surface area contributed by atoms with Gasteiger partial charge in [0.25, 0.3) is 0 Å². The Bertz CT molecular complexity index is 538. The van der Waals surface area contributed by atoms with Gasteiger partial charge in [0, 0.05) is 41.8 Å². The maximum Gasteiger partial charge on any atom is 0.141 e. The highest BCUT2D eigenvalue weighted by molar-refractivity contribution is 5.65. The van der Waals surface area contributed by atoms with Gasteiger partial charge in [-0.05, 0) is 6.07 Å². The smallest absolute Gasteiger partial charge is 0.141 e. The molecular formula is C13H16N4O2. The lowest BCUT2D eigenvalue weighted by molar-refractivity contribution is 0.395. The minimum Gasteiger partial charge on any atom is -0.497 e. The van der Waals surface area contributed by atoms with E-state index in [1.807, 2.05) is 24.3 Å². The second-order valence-electron chi connectivity index (χ2n) is 3.80. The van der Waals surface area contributed by atoms with E-state index in [-0.39, 0.29) is 0 Å². The number of aromatic nitrogens is 1. The zero-order valence-corrected chi connectivity index (χ0v) is 10.8. The average molecular weight is 260 g/mol. The molecule has 0 radical (unpaired) electrons. The average Bonchev–Trinajstić information content (AvgIpc) is 2.47. The molecule has 0 spiro atoms. The normalized spacial score (nSPS) is 9.84. The molecule has 2 aromatic rings. The zero-order valence-electron chi connectivity index (χ0n) is 10.8. The molecule has 1 aromatic heterocycles. The van der Waals surface area contributed by atoms with E-state index in [1.165, 1.54) is 0 Å². The molecule has 1 heterocycles. The standard InChI is InChI=1S/C13H16N4O2/c1-18-11-5-10(6-12(8-11)19-2)16-9-3-4-15-13(7-9)17-14/h3-8H,14H2,1-2H3,(H2,15,16,17). The predicted octanol–water partition coefficient (Wildman–Crippen LogP) is 2.13. The first-order chi connectivity index (χ1) is 9.25. The summed E-state index contributed by atoms with van der Waals surface area (Å²) in [6, 6.07) is 9.19. The molecule has 0 aliphatic carbocycles. The summed E-state index contributed by atoms with van der Waals surface area (Å²) in [4.78, 5) is 4.04. The summed E-state index contributed by atoms with van der Waals surface area (Å²) in [5.41, 5.74) is 4.21. The molecule has 0 aliphatic heterocycles. The first-order valence-electron chi connectivity index (χ1n) is 5.68. The maximum atomic E-state index is 5.32. The van der Waals surface area contributed by atoms with Crippen LogP contribution in [0.1, 0.15) is 0 Å². The highest BCUT2D eigenvalue weighted by Crippen LogP contribution is 2.28. The molecular weight excluding hydrogens is 244 g/mol. The van der Waals surface area contributed by atoms with Crippen LogP contribution in [-0.2, 0) is 0 Å². The number of benzene rings is 1. The highest BCUT2D eigenvalue weighted by atomic mass is 16.5. The molecule has 0 unspecified atom stereocenters. The summed E-state index contributed by atoms with van der Waals surface area (Å²) in [6.07, 6.45) is 1.66. The van der Waals surface area contributed by atoms with E-state index in [2.05, 4.69) is 15.7 Å². The second kappa shape index (κ2) is 5.92. The number of rotatable bonds is 5. The summed E-state index contributed by atoms with van der Waals surface area (Å²) in [6.45, 7) is 0. The van der Waals surface area contributed by atoms with Gasteiger partial charge in [-0.3, -0.25) is 0 Å². The molecule has 0 saturated heterocycles. The predicted molar refractivity (Wildman–Crippen MR) is 74.9 cm³/mol. The maximum absolute atomic E-state index is 5.32. The van der Waals surface area contributed by atoms with Gasteiger partial charge < -0.3 is 20.2 Å². The Balaban J connectivity index is 2.26. The first-order valence-corrected chi connectivity index (χ1v) is 5.68. The second-order valence-corrected chi connectivity index (χ2v) is 3.80. The monoisotopic (exact) mass is 260 g/mol. The molecule has 19 heavy (non-hydrogen) atoms. The fraction of sp³-hybridized carbons (Fsp3) is 0.154. The zero-order chi connectivity index (χ0) is 13.7. The third kappa shape index (κ3) is 3.26. The van der Waals surface area contributed by atoms with Gasteiger partial charge in [0.05, 0.1) is 14.2 Å². The van der Waals surface area contributed by atoms with Crippen LogP contribution in [0.2, 0.25) is 0 Å². The van der Waals surface area contributed by atoms with Crippen molar-refractivity contribution in [1.82, 2.24) is 4.98 Å². The Morgan fingerprint density at radius 3 is 2.26 bits per heavy atom. The lowest BCUT2D eigenvalue weighted by atomic mass is 10.2. The van der Waals surface area contributed by atoms with Crippen molar-refractivity contribution in [1.29, 1.82) is 0 Å². The number of nitrogen functional groups attached to an aromatic ring is 1. The van der Waals surface area contributed by atoms with Crippen molar-refractivity contribution in [2.45, 2.75) is 0 Å². The van der Waals surface area contributed by atoms with E-state index < -0.39 is 0 Å². The van der Waals surface area contributed by atoms with Gasteiger partial charge >= 0.3 is 0 Å². The Kier molecular flexibility index (Phi) is 4.04. The third-order valence-electron chi connectivity index (χ3n) is 2.55. The Labute approximate surface area is 111 Å². The van der Waals surface area contributed by atoms with E-state index in [1.54, 1.807) is 26.5 Å². The van der Waals surface area contributed by atoms with Crippen LogP contribution < -0.4 is 26.1 Å². The van der Waals surface area contributed by atoms with E-state index in [9.17, 15) is 0 Å². The molecule has 0 saturated carbocycles. The topological polar surface area (TPSA) is 81.4 Å². The summed E-state index contributed by atoms with van der Waals surface area (Å²) in [5.74, 6) is 7.34.